The Morgan fingerprint density at radius 1 is 1.39 bits per heavy atom. The van der Waals surface area contributed by atoms with E-state index >= 15 is 0 Å². The molecule has 2 aliphatic heterocycles. The van der Waals surface area contributed by atoms with Gasteiger partial charge in [-0.3, -0.25) is 9.69 Å². The molecule has 128 valence electrons. The third-order valence-corrected chi connectivity index (χ3v) is 4.83. The molecule has 1 spiro atoms. The highest BCUT2D eigenvalue weighted by atomic mass is 32.1. The maximum Gasteiger partial charge on any atom is 0.248 e. The highest BCUT2D eigenvalue weighted by Gasteiger charge is 2.42. The third-order valence-electron chi connectivity index (χ3n) is 4.07. The minimum Gasteiger partial charge on any atom is -0.375 e. The standard InChI is InChI=1S/C15H23N3O4S/c1-20-10-14(19)18-5-7-22-15(12-18)11-17(4-2-6-21-15)9-13-16-3-8-23-13/h3,8H,2,4-7,9-12H2,1H3. The number of carbonyl (C=O) groups is 1. The number of aromatic nitrogens is 1. The average Bonchev–Trinajstić information content (AvgIpc) is 2.97. The van der Waals surface area contributed by atoms with E-state index in [-0.39, 0.29) is 12.5 Å². The minimum atomic E-state index is -0.741. The van der Waals surface area contributed by atoms with Crippen molar-refractivity contribution in [1.82, 2.24) is 14.8 Å². The van der Waals surface area contributed by atoms with Crippen molar-refractivity contribution in [3.05, 3.63) is 16.6 Å². The number of hydrogen-bond acceptors (Lipinski definition) is 7. The van der Waals surface area contributed by atoms with Gasteiger partial charge in [-0.15, -0.1) is 11.3 Å². The summed E-state index contributed by atoms with van der Waals surface area (Å²) in [5.74, 6) is -0.760. The number of hydrogen-bond donors (Lipinski definition) is 0. The summed E-state index contributed by atoms with van der Waals surface area (Å²) < 4.78 is 17.0. The molecule has 1 aromatic rings. The Morgan fingerprint density at radius 3 is 3.04 bits per heavy atom. The van der Waals surface area contributed by atoms with Crippen LogP contribution < -0.4 is 0 Å². The van der Waals surface area contributed by atoms with Crippen LogP contribution in [-0.2, 0) is 25.5 Å². The third kappa shape index (κ3) is 4.27. The van der Waals surface area contributed by atoms with E-state index in [9.17, 15) is 4.79 Å². The molecule has 23 heavy (non-hydrogen) atoms. The first-order valence-electron chi connectivity index (χ1n) is 7.86. The van der Waals surface area contributed by atoms with Crippen molar-refractivity contribution in [2.24, 2.45) is 0 Å². The summed E-state index contributed by atoms with van der Waals surface area (Å²) in [5, 5.41) is 3.08. The Labute approximate surface area is 140 Å². The lowest BCUT2D eigenvalue weighted by molar-refractivity contribution is -0.265. The fourth-order valence-electron chi connectivity index (χ4n) is 3.04. The van der Waals surface area contributed by atoms with Crippen LogP contribution in [0, 0.1) is 0 Å². The lowest BCUT2D eigenvalue weighted by Gasteiger charge is -2.43. The van der Waals surface area contributed by atoms with E-state index in [4.69, 9.17) is 14.2 Å². The number of amides is 1. The van der Waals surface area contributed by atoms with E-state index in [1.165, 1.54) is 7.11 Å². The molecule has 2 saturated heterocycles. The fraction of sp³-hybridized carbons (Fsp3) is 0.733. The van der Waals surface area contributed by atoms with Gasteiger partial charge in [0, 0.05) is 31.8 Å². The minimum absolute atomic E-state index is 0.0190. The van der Waals surface area contributed by atoms with E-state index in [2.05, 4.69) is 9.88 Å². The van der Waals surface area contributed by atoms with Crippen LogP contribution in [0.3, 0.4) is 0 Å². The van der Waals surface area contributed by atoms with E-state index in [1.54, 1.807) is 16.2 Å². The van der Waals surface area contributed by atoms with Crippen LogP contribution in [0.2, 0.25) is 0 Å². The SMILES string of the molecule is COCC(=O)N1CCOC2(CN(Cc3nccs3)CCCO2)C1. The molecule has 1 amide bonds. The summed E-state index contributed by atoms with van der Waals surface area (Å²) in [6.07, 6.45) is 2.77. The van der Waals surface area contributed by atoms with Gasteiger partial charge in [-0.2, -0.15) is 0 Å². The van der Waals surface area contributed by atoms with Crippen molar-refractivity contribution >= 4 is 17.2 Å². The number of methoxy groups -OCH3 is 1. The summed E-state index contributed by atoms with van der Waals surface area (Å²) in [7, 11) is 1.53. The smallest absolute Gasteiger partial charge is 0.248 e. The quantitative estimate of drug-likeness (QED) is 0.798. The molecule has 8 heteroatoms. The van der Waals surface area contributed by atoms with Crippen molar-refractivity contribution in [3.63, 3.8) is 0 Å². The van der Waals surface area contributed by atoms with Crippen molar-refractivity contribution in [2.45, 2.75) is 18.8 Å². The van der Waals surface area contributed by atoms with Gasteiger partial charge in [0.15, 0.2) is 5.79 Å². The van der Waals surface area contributed by atoms with Crippen molar-refractivity contribution < 1.29 is 19.0 Å². The average molecular weight is 341 g/mol. The lowest BCUT2D eigenvalue weighted by Crippen LogP contribution is -2.59. The van der Waals surface area contributed by atoms with E-state index in [0.29, 0.717) is 32.8 Å². The fourth-order valence-corrected chi connectivity index (χ4v) is 3.69. The van der Waals surface area contributed by atoms with Gasteiger partial charge in [0.2, 0.25) is 5.91 Å². The molecule has 0 bridgehead atoms. The first kappa shape index (κ1) is 16.8. The Bertz CT molecular complexity index is 513. The molecule has 7 nitrogen and oxygen atoms in total. The van der Waals surface area contributed by atoms with Crippen LogP contribution in [0.25, 0.3) is 0 Å². The zero-order valence-electron chi connectivity index (χ0n) is 13.4. The summed E-state index contributed by atoms with van der Waals surface area (Å²) in [6.45, 7) is 4.63. The van der Waals surface area contributed by atoms with Gasteiger partial charge in [-0.05, 0) is 6.42 Å². The number of carbonyl (C=O) groups excluding carboxylic acids is 1. The van der Waals surface area contributed by atoms with Gasteiger partial charge in [0.05, 0.1) is 32.8 Å². The van der Waals surface area contributed by atoms with Crippen LogP contribution in [0.1, 0.15) is 11.4 Å². The molecule has 1 unspecified atom stereocenters. The monoisotopic (exact) mass is 341 g/mol. The maximum absolute atomic E-state index is 12.1. The van der Waals surface area contributed by atoms with Crippen molar-refractivity contribution in [1.29, 1.82) is 0 Å². The molecular formula is C15H23N3O4S. The van der Waals surface area contributed by atoms with E-state index in [0.717, 1.165) is 24.5 Å². The molecule has 0 radical (unpaired) electrons. The lowest BCUT2D eigenvalue weighted by atomic mass is 10.2. The van der Waals surface area contributed by atoms with Crippen LogP contribution in [0.4, 0.5) is 0 Å². The Kier molecular flexibility index (Phi) is 5.60. The molecular weight excluding hydrogens is 318 g/mol. The van der Waals surface area contributed by atoms with Crippen LogP contribution in [0.15, 0.2) is 11.6 Å². The van der Waals surface area contributed by atoms with Crippen molar-refractivity contribution in [2.75, 3.05) is 53.1 Å². The molecule has 2 aliphatic rings. The highest BCUT2D eigenvalue weighted by molar-refractivity contribution is 7.09. The first-order valence-corrected chi connectivity index (χ1v) is 8.74. The van der Waals surface area contributed by atoms with Gasteiger partial charge in [0.1, 0.15) is 11.6 Å². The number of nitrogens with zero attached hydrogens (tertiary/aromatic N) is 3. The largest absolute Gasteiger partial charge is 0.375 e. The molecule has 1 atom stereocenters. The second kappa shape index (κ2) is 7.67. The number of rotatable bonds is 4. The highest BCUT2D eigenvalue weighted by Crippen LogP contribution is 2.25. The molecule has 3 rings (SSSR count). The second-order valence-electron chi connectivity index (χ2n) is 5.85. The zero-order valence-corrected chi connectivity index (χ0v) is 14.2. The zero-order chi connectivity index (χ0) is 16.1. The number of morpholine rings is 1. The second-order valence-corrected chi connectivity index (χ2v) is 6.83. The predicted molar refractivity (Wildman–Crippen MR) is 85.1 cm³/mol. The molecule has 2 fully saturated rings. The van der Waals surface area contributed by atoms with Gasteiger partial charge in [-0.1, -0.05) is 0 Å². The molecule has 0 aromatic carbocycles. The summed E-state index contributed by atoms with van der Waals surface area (Å²) in [4.78, 5) is 20.6. The van der Waals surface area contributed by atoms with Gasteiger partial charge in [-0.25, -0.2) is 4.98 Å². The summed E-state index contributed by atoms with van der Waals surface area (Å²) >= 11 is 1.66. The Hall–Kier alpha value is -1.06. The van der Waals surface area contributed by atoms with Gasteiger partial charge >= 0.3 is 0 Å². The van der Waals surface area contributed by atoms with Crippen molar-refractivity contribution in [3.8, 4) is 0 Å². The molecule has 0 N–H and O–H groups in total. The molecule has 0 saturated carbocycles. The van der Waals surface area contributed by atoms with E-state index < -0.39 is 5.79 Å². The number of thiazole rings is 1. The molecule has 3 heterocycles. The van der Waals surface area contributed by atoms with E-state index in [1.807, 2.05) is 11.6 Å². The van der Waals surface area contributed by atoms with Crippen LogP contribution in [0.5, 0.6) is 0 Å². The van der Waals surface area contributed by atoms with Gasteiger partial charge in [0.25, 0.3) is 0 Å². The van der Waals surface area contributed by atoms with Crippen LogP contribution >= 0.6 is 11.3 Å². The molecule has 1 aromatic heterocycles. The summed E-state index contributed by atoms with van der Waals surface area (Å²) in [5.41, 5.74) is 0. The topological polar surface area (TPSA) is 64.1 Å². The normalized spacial score (nSPS) is 26.4. The number of ether oxygens (including phenoxy) is 3. The molecule has 0 aliphatic carbocycles. The maximum atomic E-state index is 12.1. The Morgan fingerprint density at radius 2 is 2.26 bits per heavy atom. The van der Waals surface area contributed by atoms with Crippen LogP contribution in [-0.4, -0.2) is 79.6 Å². The van der Waals surface area contributed by atoms with Gasteiger partial charge < -0.3 is 19.1 Å². The Balaban J connectivity index is 1.67. The summed E-state index contributed by atoms with van der Waals surface area (Å²) in [6, 6.07) is 0. The first-order chi connectivity index (χ1) is 11.2. The predicted octanol–water partition coefficient (Wildman–Crippen LogP) is 0.567.